The van der Waals surface area contributed by atoms with Gasteiger partial charge in [-0.2, -0.15) is 0 Å². The fraction of sp³-hybridized carbons (Fsp3) is 1.00. The second-order valence-electron chi connectivity index (χ2n) is 16.6. The molecule has 0 aromatic carbocycles. The van der Waals surface area contributed by atoms with Gasteiger partial charge in [-0.15, -0.1) is 0 Å². The molecule has 3 atom stereocenters. The quantitative estimate of drug-likeness (QED) is 0.0518. The Morgan fingerprint density at radius 2 is 0.837 bits per heavy atom. The Morgan fingerprint density at radius 3 is 1.18 bits per heavy atom. The standard InChI is InChI=1S/C40H81O6P3/c1-4-7-10-13-16-19-32-48(43,44)34-29-36-21-25-38(26-22-36)40(47(41)42,31-18-15-12-9-6-3)39-27-23-37(24-28-39)30-35-49(45,46)33-20-17-14-11-8-5-2/h36-39,47H,4-35H2,1-3H3,(H,41,42)(H,43,44)(H,45,46). The van der Waals surface area contributed by atoms with Gasteiger partial charge in [-0.25, -0.2) is 0 Å². The van der Waals surface area contributed by atoms with E-state index in [0.717, 1.165) is 122 Å². The molecule has 0 aromatic heterocycles. The van der Waals surface area contributed by atoms with Gasteiger partial charge < -0.3 is 14.7 Å². The van der Waals surface area contributed by atoms with Gasteiger partial charge in [0.25, 0.3) is 0 Å². The van der Waals surface area contributed by atoms with Gasteiger partial charge in [-0.1, -0.05) is 143 Å². The summed E-state index contributed by atoms with van der Waals surface area (Å²) in [5.41, 5.74) is 0. The maximum absolute atomic E-state index is 13.6. The van der Waals surface area contributed by atoms with E-state index in [0.29, 0.717) is 36.5 Å². The minimum absolute atomic E-state index is 0.256. The zero-order valence-electron chi connectivity index (χ0n) is 32.4. The molecular weight excluding hydrogens is 669 g/mol. The molecule has 3 N–H and O–H groups in total. The van der Waals surface area contributed by atoms with Crippen LogP contribution in [-0.2, 0) is 13.7 Å². The molecule has 0 aromatic rings. The van der Waals surface area contributed by atoms with Crippen molar-refractivity contribution in [3.63, 3.8) is 0 Å². The van der Waals surface area contributed by atoms with Crippen LogP contribution >= 0.6 is 22.8 Å². The fourth-order valence-electron chi connectivity index (χ4n) is 9.42. The van der Waals surface area contributed by atoms with E-state index in [1.165, 1.54) is 57.8 Å². The summed E-state index contributed by atoms with van der Waals surface area (Å²) >= 11 is 0. The van der Waals surface area contributed by atoms with Crippen molar-refractivity contribution in [1.29, 1.82) is 0 Å². The van der Waals surface area contributed by atoms with Gasteiger partial charge in [-0.3, -0.25) is 13.7 Å². The Balaban J connectivity index is 1.93. The van der Waals surface area contributed by atoms with Crippen molar-refractivity contribution in [2.24, 2.45) is 23.7 Å². The molecule has 2 rings (SSSR count). The maximum Gasteiger partial charge on any atom is 0.200 e. The highest BCUT2D eigenvalue weighted by molar-refractivity contribution is 7.58. The van der Waals surface area contributed by atoms with E-state index >= 15 is 0 Å². The van der Waals surface area contributed by atoms with Gasteiger partial charge in [0.2, 0.25) is 14.7 Å². The summed E-state index contributed by atoms with van der Waals surface area (Å²) in [7, 11) is -8.94. The van der Waals surface area contributed by atoms with Crippen LogP contribution in [0.15, 0.2) is 0 Å². The Hall–Kier alpha value is 0.570. The molecule has 9 heteroatoms. The van der Waals surface area contributed by atoms with Crippen LogP contribution in [0, 0.1) is 23.7 Å². The third-order valence-corrected chi connectivity index (χ3v) is 18.5. The van der Waals surface area contributed by atoms with Gasteiger partial charge in [0.15, 0.2) is 8.03 Å². The van der Waals surface area contributed by atoms with Crippen molar-refractivity contribution < 1.29 is 28.4 Å². The molecule has 0 heterocycles. The average molecular weight is 751 g/mol. The van der Waals surface area contributed by atoms with E-state index in [2.05, 4.69) is 20.8 Å². The molecule has 0 amide bonds. The van der Waals surface area contributed by atoms with Gasteiger partial charge in [0.05, 0.1) is 5.16 Å². The van der Waals surface area contributed by atoms with E-state index in [9.17, 15) is 28.4 Å². The number of unbranched alkanes of at least 4 members (excludes halogenated alkanes) is 14. The summed E-state index contributed by atoms with van der Waals surface area (Å²) in [5, 5.41) is -0.499. The van der Waals surface area contributed by atoms with Gasteiger partial charge in [0.1, 0.15) is 0 Å². The first-order valence-electron chi connectivity index (χ1n) is 21.3. The minimum Gasteiger partial charge on any atom is -0.346 e. The Kier molecular flexibility index (Phi) is 23.9. The SMILES string of the molecule is CCCCCCCCP(=O)(O)CCC1CCC(C(CCCCCCC)(C2CCC(CCP(=O)(O)CCCCCCCC)CC2)[PH](=O)O)CC1. The summed E-state index contributed by atoms with van der Waals surface area (Å²) in [6.45, 7) is 6.64. The second-order valence-corrected chi connectivity index (χ2v) is 23.4. The maximum atomic E-state index is 13.6. The highest BCUT2D eigenvalue weighted by Crippen LogP contribution is 2.59. The highest BCUT2D eigenvalue weighted by atomic mass is 31.2. The Morgan fingerprint density at radius 1 is 0.510 bits per heavy atom. The third kappa shape index (κ3) is 18.0. The van der Waals surface area contributed by atoms with Crippen molar-refractivity contribution in [2.75, 3.05) is 24.6 Å². The number of hydrogen-bond acceptors (Lipinski definition) is 3. The molecule has 2 aliphatic rings. The molecule has 0 bridgehead atoms. The predicted octanol–water partition coefficient (Wildman–Crippen LogP) is 13.2. The van der Waals surface area contributed by atoms with Crippen LogP contribution < -0.4 is 0 Å². The first-order chi connectivity index (χ1) is 23.5. The molecule has 0 radical (unpaired) electrons. The molecule has 0 saturated heterocycles. The monoisotopic (exact) mass is 751 g/mol. The zero-order valence-corrected chi connectivity index (χ0v) is 35.2. The van der Waals surface area contributed by atoms with Crippen LogP contribution in [0.4, 0.5) is 0 Å². The lowest BCUT2D eigenvalue weighted by molar-refractivity contribution is 0.115. The van der Waals surface area contributed by atoms with Crippen molar-refractivity contribution in [1.82, 2.24) is 0 Å². The van der Waals surface area contributed by atoms with Gasteiger partial charge >= 0.3 is 0 Å². The van der Waals surface area contributed by atoms with E-state index < -0.39 is 27.9 Å². The normalized spacial score (nSPS) is 26.1. The summed E-state index contributed by atoms with van der Waals surface area (Å²) in [6.07, 6.45) is 31.5. The summed E-state index contributed by atoms with van der Waals surface area (Å²) in [6, 6.07) is 0. The lowest BCUT2D eigenvalue weighted by Gasteiger charge is -2.49. The Bertz CT molecular complexity index is 898. The van der Waals surface area contributed by atoms with E-state index in [4.69, 9.17) is 0 Å². The van der Waals surface area contributed by atoms with Gasteiger partial charge in [-0.05, 0) is 81.5 Å². The first-order valence-corrected chi connectivity index (χ1v) is 26.8. The average Bonchev–Trinajstić information content (AvgIpc) is 3.08. The molecule has 2 saturated carbocycles. The number of rotatable bonds is 29. The van der Waals surface area contributed by atoms with Crippen LogP contribution in [0.2, 0.25) is 0 Å². The smallest absolute Gasteiger partial charge is 0.200 e. The van der Waals surface area contributed by atoms with Crippen molar-refractivity contribution in [3.05, 3.63) is 0 Å². The van der Waals surface area contributed by atoms with Crippen LogP contribution in [-0.4, -0.2) is 44.5 Å². The predicted molar refractivity (Wildman–Crippen MR) is 213 cm³/mol. The molecule has 0 spiro atoms. The molecule has 2 fully saturated rings. The minimum atomic E-state index is -3.08. The summed E-state index contributed by atoms with van der Waals surface area (Å²) < 4.78 is 39.5. The van der Waals surface area contributed by atoms with Gasteiger partial charge in [0, 0.05) is 24.6 Å². The fourth-order valence-corrected chi connectivity index (χ4v) is 14.5. The van der Waals surface area contributed by atoms with Crippen molar-refractivity contribution in [2.45, 2.75) is 206 Å². The lowest BCUT2D eigenvalue weighted by Crippen LogP contribution is -2.45. The topological polar surface area (TPSA) is 112 Å². The molecule has 3 unspecified atom stereocenters. The largest absolute Gasteiger partial charge is 0.346 e. The first kappa shape index (κ1) is 45.7. The summed E-state index contributed by atoms with van der Waals surface area (Å²) in [5.74, 6) is 1.41. The van der Waals surface area contributed by atoms with E-state index in [-0.39, 0.29) is 11.8 Å². The molecular formula is C40H81O6P3. The van der Waals surface area contributed by atoms with Crippen LogP contribution in [0.3, 0.4) is 0 Å². The van der Waals surface area contributed by atoms with Crippen LogP contribution in [0.1, 0.15) is 201 Å². The summed E-state index contributed by atoms with van der Waals surface area (Å²) in [4.78, 5) is 32.6. The third-order valence-electron chi connectivity index (χ3n) is 12.7. The highest BCUT2D eigenvalue weighted by Gasteiger charge is 2.50. The van der Waals surface area contributed by atoms with Crippen molar-refractivity contribution in [3.8, 4) is 0 Å². The van der Waals surface area contributed by atoms with Crippen LogP contribution in [0.25, 0.3) is 0 Å². The number of hydrogen-bond donors (Lipinski definition) is 3. The molecule has 49 heavy (non-hydrogen) atoms. The molecule has 292 valence electrons. The van der Waals surface area contributed by atoms with Crippen LogP contribution in [0.5, 0.6) is 0 Å². The van der Waals surface area contributed by atoms with Crippen molar-refractivity contribution >= 4 is 22.8 Å². The Labute approximate surface area is 304 Å². The molecule has 6 nitrogen and oxygen atoms in total. The molecule has 2 aliphatic carbocycles. The van der Waals surface area contributed by atoms with E-state index in [1.54, 1.807) is 0 Å². The lowest BCUT2D eigenvalue weighted by atomic mass is 9.64. The molecule has 0 aliphatic heterocycles. The zero-order chi connectivity index (χ0) is 36.0. The van der Waals surface area contributed by atoms with E-state index in [1.807, 2.05) is 0 Å². The second kappa shape index (κ2) is 25.6.